The van der Waals surface area contributed by atoms with Gasteiger partial charge in [-0.15, -0.1) is 0 Å². The molecule has 6 nitrogen and oxygen atoms in total. The summed E-state index contributed by atoms with van der Waals surface area (Å²) in [5, 5.41) is 15.2. The van der Waals surface area contributed by atoms with Crippen LogP contribution in [0, 0.1) is 5.41 Å². The molecule has 1 aromatic heterocycles. The molecule has 2 amide bonds. The molecule has 0 aliphatic carbocycles. The molecule has 0 aliphatic rings. The van der Waals surface area contributed by atoms with E-state index in [9.17, 15) is 4.79 Å². The number of nitrogens with zero attached hydrogens (tertiary/aromatic N) is 1. The number of carbonyl (C=O) groups is 1. The van der Waals surface area contributed by atoms with Crippen LogP contribution in [0.15, 0.2) is 24.5 Å². The summed E-state index contributed by atoms with van der Waals surface area (Å²) in [6.45, 7) is 2.75. The summed E-state index contributed by atoms with van der Waals surface area (Å²) in [5.41, 5.74) is 0.638. The zero-order chi connectivity index (χ0) is 12.5. The van der Waals surface area contributed by atoms with E-state index in [-0.39, 0.29) is 5.96 Å². The lowest BCUT2D eigenvalue weighted by Crippen LogP contribution is -2.42. The van der Waals surface area contributed by atoms with Gasteiger partial charge in [-0.25, -0.2) is 4.79 Å². The minimum atomic E-state index is -0.440. The summed E-state index contributed by atoms with van der Waals surface area (Å²) in [6, 6.07) is 2.91. The molecule has 17 heavy (non-hydrogen) atoms. The number of aromatic nitrogens is 1. The number of guanidine groups is 1. The Morgan fingerprint density at radius 2 is 2.12 bits per heavy atom. The number of urea groups is 1. The smallest absolute Gasteiger partial charge is 0.325 e. The molecule has 0 radical (unpaired) electrons. The second-order valence-corrected chi connectivity index (χ2v) is 3.47. The van der Waals surface area contributed by atoms with Crippen LogP contribution in [0.3, 0.4) is 0 Å². The molecule has 1 rings (SSSR count). The fourth-order valence-corrected chi connectivity index (χ4v) is 1.15. The summed E-state index contributed by atoms with van der Waals surface area (Å²) >= 11 is 0. The Bertz CT molecular complexity index is 365. The molecule has 1 heterocycles. The zero-order valence-electron chi connectivity index (χ0n) is 9.79. The van der Waals surface area contributed by atoms with Crippen molar-refractivity contribution in [3.63, 3.8) is 0 Å². The van der Waals surface area contributed by atoms with E-state index in [0.29, 0.717) is 12.2 Å². The van der Waals surface area contributed by atoms with Crippen molar-refractivity contribution in [2.45, 2.75) is 19.8 Å². The van der Waals surface area contributed by atoms with Gasteiger partial charge in [0.05, 0.1) is 0 Å². The van der Waals surface area contributed by atoms with Gasteiger partial charge in [0.25, 0.3) is 0 Å². The number of hydrogen-bond donors (Lipinski definition) is 4. The van der Waals surface area contributed by atoms with Crippen molar-refractivity contribution in [1.29, 1.82) is 5.41 Å². The highest BCUT2D eigenvalue weighted by molar-refractivity contribution is 6.01. The van der Waals surface area contributed by atoms with Crippen LogP contribution in [0.1, 0.15) is 19.8 Å². The molecule has 4 N–H and O–H groups in total. The number of hydrogen-bond acceptors (Lipinski definition) is 3. The van der Waals surface area contributed by atoms with Gasteiger partial charge >= 0.3 is 6.03 Å². The van der Waals surface area contributed by atoms with Crippen LogP contribution >= 0.6 is 0 Å². The maximum Gasteiger partial charge on any atom is 0.325 e. The first-order valence-electron chi connectivity index (χ1n) is 5.53. The highest BCUT2D eigenvalue weighted by atomic mass is 16.2. The van der Waals surface area contributed by atoms with Crippen LogP contribution in [0.2, 0.25) is 0 Å². The predicted molar refractivity (Wildman–Crippen MR) is 67.0 cm³/mol. The van der Waals surface area contributed by atoms with Crippen molar-refractivity contribution < 1.29 is 4.79 Å². The quantitative estimate of drug-likeness (QED) is 0.362. The lowest BCUT2D eigenvalue weighted by Gasteiger charge is -2.09. The second-order valence-electron chi connectivity index (χ2n) is 3.47. The first-order chi connectivity index (χ1) is 8.22. The highest BCUT2D eigenvalue weighted by Gasteiger charge is 2.03. The minimum absolute atomic E-state index is 0.00464. The number of pyridine rings is 1. The molecule has 92 valence electrons. The minimum Gasteiger partial charge on any atom is -0.356 e. The van der Waals surface area contributed by atoms with E-state index in [1.54, 1.807) is 24.5 Å². The van der Waals surface area contributed by atoms with Crippen LogP contribution in [0.5, 0.6) is 0 Å². The van der Waals surface area contributed by atoms with Crippen LogP contribution < -0.4 is 16.0 Å². The van der Waals surface area contributed by atoms with Gasteiger partial charge in [0.1, 0.15) is 0 Å². The molecular formula is C11H17N5O. The van der Waals surface area contributed by atoms with Gasteiger partial charge in [-0.05, 0) is 18.6 Å². The van der Waals surface area contributed by atoms with E-state index in [2.05, 4.69) is 27.9 Å². The van der Waals surface area contributed by atoms with E-state index in [4.69, 9.17) is 5.41 Å². The zero-order valence-corrected chi connectivity index (χ0v) is 9.79. The number of amides is 2. The highest BCUT2D eigenvalue weighted by Crippen LogP contribution is 2.01. The largest absolute Gasteiger partial charge is 0.356 e. The molecule has 0 unspecified atom stereocenters. The molecule has 1 aromatic rings. The molecule has 0 saturated heterocycles. The third-order valence-electron chi connectivity index (χ3n) is 2.01. The lowest BCUT2D eigenvalue weighted by molar-refractivity contribution is 0.256. The van der Waals surface area contributed by atoms with Gasteiger partial charge in [0.15, 0.2) is 5.96 Å². The molecule has 0 atom stereocenters. The van der Waals surface area contributed by atoms with Gasteiger partial charge in [0, 0.05) is 24.6 Å². The Labute approximate surface area is 100 Å². The number of nitrogens with one attached hydrogen (secondary N) is 4. The third-order valence-corrected chi connectivity index (χ3v) is 2.01. The van der Waals surface area contributed by atoms with E-state index < -0.39 is 6.03 Å². The lowest BCUT2D eigenvalue weighted by atomic mass is 10.3. The summed E-state index contributed by atoms with van der Waals surface area (Å²) in [5.74, 6) is 0.00464. The van der Waals surface area contributed by atoms with Gasteiger partial charge in [-0.1, -0.05) is 13.3 Å². The number of rotatable bonds is 4. The summed E-state index contributed by atoms with van der Waals surface area (Å²) in [4.78, 5) is 15.3. The molecule has 0 aromatic carbocycles. The van der Waals surface area contributed by atoms with Crippen LogP contribution in [0.25, 0.3) is 0 Å². The summed E-state index contributed by atoms with van der Waals surface area (Å²) < 4.78 is 0. The molecule has 0 aliphatic heterocycles. The maximum absolute atomic E-state index is 11.4. The van der Waals surface area contributed by atoms with E-state index in [1.165, 1.54) is 0 Å². The van der Waals surface area contributed by atoms with E-state index in [1.807, 2.05) is 0 Å². The molecule has 0 bridgehead atoms. The first-order valence-corrected chi connectivity index (χ1v) is 5.53. The summed E-state index contributed by atoms with van der Waals surface area (Å²) in [6.07, 6.45) is 5.18. The average Bonchev–Trinajstić information content (AvgIpc) is 2.30. The number of unbranched alkanes of at least 4 members (excludes halogenated alkanes) is 1. The van der Waals surface area contributed by atoms with Crippen LogP contribution in [0.4, 0.5) is 10.5 Å². The fourth-order valence-electron chi connectivity index (χ4n) is 1.15. The monoisotopic (exact) mass is 235 g/mol. The molecule has 0 spiro atoms. The Morgan fingerprint density at radius 3 is 2.76 bits per heavy atom. The van der Waals surface area contributed by atoms with Gasteiger partial charge in [0.2, 0.25) is 0 Å². The molecule has 0 fully saturated rings. The fraction of sp³-hybridized carbons (Fsp3) is 0.364. The maximum atomic E-state index is 11.4. The predicted octanol–water partition coefficient (Wildman–Crippen LogP) is 1.53. The van der Waals surface area contributed by atoms with Gasteiger partial charge in [-0.2, -0.15) is 0 Å². The Balaban J connectivity index is 2.27. The average molecular weight is 235 g/mol. The Hall–Kier alpha value is -2.11. The van der Waals surface area contributed by atoms with Crippen molar-refractivity contribution in [3.05, 3.63) is 24.5 Å². The standard InChI is InChI=1S/C11H17N5O/c1-2-3-6-14-10(12)16-11(17)15-9-4-7-13-8-5-9/h4-5,7-8H,2-3,6H2,1H3,(H4,12,13,14,15,16,17). The third kappa shape index (κ3) is 5.50. The van der Waals surface area contributed by atoms with Crippen molar-refractivity contribution in [3.8, 4) is 0 Å². The Kier molecular flexibility index (Phi) is 5.50. The number of carbonyl (C=O) groups excluding carboxylic acids is 1. The van der Waals surface area contributed by atoms with Gasteiger partial charge in [-0.3, -0.25) is 15.7 Å². The number of anilines is 1. The van der Waals surface area contributed by atoms with Crippen molar-refractivity contribution in [1.82, 2.24) is 15.6 Å². The SMILES string of the molecule is CCCCNC(=N)NC(=O)Nc1ccncc1. The van der Waals surface area contributed by atoms with E-state index >= 15 is 0 Å². The normalized spacial score (nSPS) is 9.47. The van der Waals surface area contributed by atoms with Gasteiger partial charge < -0.3 is 10.6 Å². The first kappa shape index (κ1) is 13.0. The second kappa shape index (κ2) is 7.21. The van der Waals surface area contributed by atoms with Crippen molar-refractivity contribution >= 4 is 17.7 Å². The van der Waals surface area contributed by atoms with E-state index in [0.717, 1.165) is 12.8 Å². The summed E-state index contributed by atoms with van der Waals surface area (Å²) in [7, 11) is 0. The molecule has 0 saturated carbocycles. The molecular weight excluding hydrogens is 218 g/mol. The van der Waals surface area contributed by atoms with Crippen LogP contribution in [-0.2, 0) is 0 Å². The Morgan fingerprint density at radius 1 is 1.41 bits per heavy atom. The molecule has 6 heteroatoms. The van der Waals surface area contributed by atoms with Crippen molar-refractivity contribution in [2.75, 3.05) is 11.9 Å². The van der Waals surface area contributed by atoms with Crippen LogP contribution in [-0.4, -0.2) is 23.5 Å². The van der Waals surface area contributed by atoms with Crippen molar-refractivity contribution in [2.24, 2.45) is 0 Å². The topological polar surface area (TPSA) is 89.9 Å².